The zero-order valence-corrected chi connectivity index (χ0v) is 12.0. The number of nitrogens with zero attached hydrogens (tertiary/aromatic N) is 1. The van der Waals surface area contributed by atoms with Crippen LogP contribution in [0.2, 0.25) is 10.0 Å². The minimum atomic E-state index is 0.0684. The molecule has 0 aliphatic heterocycles. The molecule has 0 aliphatic rings. The van der Waals surface area contributed by atoms with E-state index in [4.69, 9.17) is 33.0 Å². The minimum absolute atomic E-state index is 0.0684. The van der Waals surface area contributed by atoms with Crippen LogP contribution in [-0.4, -0.2) is 42.9 Å². The monoisotopic (exact) mass is 291 g/mol. The van der Waals surface area contributed by atoms with E-state index in [1.54, 1.807) is 0 Å². The summed E-state index contributed by atoms with van der Waals surface area (Å²) in [5.74, 6) is 0. The lowest BCUT2D eigenvalue weighted by Gasteiger charge is -2.20. The number of hydrogen-bond acceptors (Lipinski definition) is 3. The second-order valence-corrected chi connectivity index (χ2v) is 4.77. The first-order valence-electron chi connectivity index (χ1n) is 6.02. The van der Waals surface area contributed by atoms with Gasteiger partial charge in [-0.15, -0.1) is 0 Å². The van der Waals surface area contributed by atoms with E-state index in [9.17, 15) is 0 Å². The molecule has 0 heterocycles. The normalized spacial score (nSPS) is 11.2. The van der Waals surface area contributed by atoms with E-state index in [0.717, 1.165) is 25.2 Å². The van der Waals surface area contributed by atoms with Crippen LogP contribution in [-0.2, 0) is 11.3 Å². The Morgan fingerprint density at radius 3 is 2.61 bits per heavy atom. The Labute approximate surface area is 118 Å². The first-order valence-corrected chi connectivity index (χ1v) is 6.77. The van der Waals surface area contributed by atoms with Crippen LogP contribution in [0.3, 0.4) is 0 Å². The summed E-state index contributed by atoms with van der Waals surface area (Å²) in [7, 11) is 0. The highest BCUT2D eigenvalue weighted by molar-refractivity contribution is 6.42. The molecule has 0 aliphatic carbocycles. The number of benzene rings is 1. The zero-order valence-electron chi connectivity index (χ0n) is 10.5. The predicted octanol–water partition coefficient (Wildman–Crippen LogP) is 2.82. The van der Waals surface area contributed by atoms with Crippen LogP contribution < -0.4 is 0 Å². The molecule has 5 heteroatoms. The fourth-order valence-corrected chi connectivity index (χ4v) is 1.93. The summed E-state index contributed by atoms with van der Waals surface area (Å²) in [6, 6.07) is 5.68. The molecular weight excluding hydrogens is 273 g/mol. The average molecular weight is 292 g/mol. The van der Waals surface area contributed by atoms with Crippen molar-refractivity contribution in [3.63, 3.8) is 0 Å². The summed E-state index contributed by atoms with van der Waals surface area (Å²) < 4.78 is 5.26. The number of halogens is 2. The Morgan fingerprint density at radius 1 is 1.22 bits per heavy atom. The van der Waals surface area contributed by atoms with E-state index in [1.807, 2.05) is 18.2 Å². The second kappa shape index (κ2) is 8.73. The molecule has 0 unspecified atom stereocenters. The van der Waals surface area contributed by atoms with Gasteiger partial charge in [-0.1, -0.05) is 36.2 Å². The molecule has 0 aromatic heterocycles. The molecule has 102 valence electrons. The quantitative estimate of drug-likeness (QED) is 0.748. The molecule has 18 heavy (non-hydrogen) atoms. The van der Waals surface area contributed by atoms with E-state index in [0.29, 0.717) is 23.3 Å². The van der Waals surface area contributed by atoms with Crippen LogP contribution in [0.15, 0.2) is 18.2 Å². The number of aliphatic hydroxyl groups excluding tert-OH is 1. The van der Waals surface area contributed by atoms with E-state index in [-0.39, 0.29) is 6.61 Å². The molecule has 1 rings (SSSR count). The van der Waals surface area contributed by atoms with Crippen LogP contribution in [0.25, 0.3) is 0 Å². The third kappa shape index (κ3) is 5.55. The van der Waals surface area contributed by atoms with Crippen molar-refractivity contribution in [3.05, 3.63) is 33.8 Å². The van der Waals surface area contributed by atoms with Crippen molar-refractivity contribution in [2.45, 2.75) is 13.5 Å². The number of ether oxygens (including phenoxy) is 1. The SMILES string of the molecule is CCN(CCOCCO)Cc1ccc(Cl)c(Cl)c1. The molecule has 3 nitrogen and oxygen atoms in total. The van der Waals surface area contributed by atoms with Gasteiger partial charge in [0.15, 0.2) is 0 Å². The van der Waals surface area contributed by atoms with Gasteiger partial charge < -0.3 is 9.84 Å². The summed E-state index contributed by atoms with van der Waals surface area (Å²) in [4.78, 5) is 2.25. The van der Waals surface area contributed by atoms with Crippen molar-refractivity contribution in [1.82, 2.24) is 4.90 Å². The van der Waals surface area contributed by atoms with Gasteiger partial charge in [0, 0.05) is 13.1 Å². The number of hydrogen-bond donors (Lipinski definition) is 1. The second-order valence-electron chi connectivity index (χ2n) is 3.95. The third-order valence-electron chi connectivity index (χ3n) is 2.62. The summed E-state index contributed by atoms with van der Waals surface area (Å²) in [5.41, 5.74) is 1.13. The fraction of sp³-hybridized carbons (Fsp3) is 0.538. The summed E-state index contributed by atoms with van der Waals surface area (Å²) in [6.07, 6.45) is 0. The fourth-order valence-electron chi connectivity index (χ4n) is 1.61. The van der Waals surface area contributed by atoms with Crippen LogP contribution in [0.1, 0.15) is 12.5 Å². The maximum atomic E-state index is 8.61. The van der Waals surface area contributed by atoms with Gasteiger partial charge in [0.1, 0.15) is 0 Å². The largest absolute Gasteiger partial charge is 0.394 e. The van der Waals surface area contributed by atoms with Crippen LogP contribution in [0.5, 0.6) is 0 Å². The summed E-state index contributed by atoms with van der Waals surface area (Å²) >= 11 is 11.9. The molecule has 1 N–H and O–H groups in total. The van der Waals surface area contributed by atoms with Gasteiger partial charge in [-0.2, -0.15) is 0 Å². The van der Waals surface area contributed by atoms with Crippen LogP contribution in [0.4, 0.5) is 0 Å². The third-order valence-corrected chi connectivity index (χ3v) is 3.36. The summed E-state index contributed by atoms with van der Waals surface area (Å²) in [6.45, 7) is 5.76. The molecule has 0 amide bonds. The first-order chi connectivity index (χ1) is 8.67. The van der Waals surface area contributed by atoms with Crippen molar-refractivity contribution in [3.8, 4) is 0 Å². The van der Waals surface area contributed by atoms with E-state index < -0.39 is 0 Å². The Balaban J connectivity index is 2.44. The molecule has 0 fully saturated rings. The Morgan fingerprint density at radius 2 is 2.00 bits per heavy atom. The number of aliphatic hydroxyl groups is 1. The lowest BCUT2D eigenvalue weighted by atomic mass is 10.2. The maximum absolute atomic E-state index is 8.61. The Hall–Kier alpha value is -0.320. The highest BCUT2D eigenvalue weighted by Gasteiger charge is 2.05. The average Bonchev–Trinajstić information content (AvgIpc) is 2.37. The molecule has 0 spiro atoms. The highest BCUT2D eigenvalue weighted by Crippen LogP contribution is 2.23. The van der Waals surface area contributed by atoms with Gasteiger partial charge in [0.2, 0.25) is 0 Å². The van der Waals surface area contributed by atoms with Crippen LogP contribution in [0, 0.1) is 0 Å². The van der Waals surface area contributed by atoms with Crippen molar-refractivity contribution in [2.75, 3.05) is 32.9 Å². The van der Waals surface area contributed by atoms with Gasteiger partial charge in [0.25, 0.3) is 0 Å². The molecule has 0 saturated heterocycles. The van der Waals surface area contributed by atoms with Gasteiger partial charge in [-0.05, 0) is 24.2 Å². The molecular formula is C13H19Cl2NO2. The summed E-state index contributed by atoms with van der Waals surface area (Å²) in [5, 5.41) is 9.78. The van der Waals surface area contributed by atoms with Gasteiger partial charge >= 0.3 is 0 Å². The minimum Gasteiger partial charge on any atom is -0.394 e. The zero-order chi connectivity index (χ0) is 13.4. The molecule has 0 atom stereocenters. The van der Waals surface area contributed by atoms with Crippen molar-refractivity contribution >= 4 is 23.2 Å². The number of rotatable bonds is 8. The van der Waals surface area contributed by atoms with Gasteiger partial charge in [-0.25, -0.2) is 0 Å². The highest BCUT2D eigenvalue weighted by atomic mass is 35.5. The molecule has 0 radical (unpaired) electrons. The predicted molar refractivity (Wildman–Crippen MR) is 75.3 cm³/mol. The molecule has 0 bridgehead atoms. The molecule has 1 aromatic rings. The Kier molecular flexibility index (Phi) is 7.63. The topological polar surface area (TPSA) is 32.7 Å². The first kappa shape index (κ1) is 15.7. The smallest absolute Gasteiger partial charge is 0.0698 e. The standard InChI is InChI=1S/C13H19Cl2NO2/c1-2-16(5-7-18-8-6-17)10-11-3-4-12(14)13(15)9-11/h3-4,9,17H,2,5-8,10H2,1H3. The number of likely N-dealkylation sites (N-methyl/N-ethyl adjacent to an activating group) is 1. The van der Waals surface area contributed by atoms with Crippen molar-refractivity contribution in [2.24, 2.45) is 0 Å². The lowest BCUT2D eigenvalue weighted by Crippen LogP contribution is -2.27. The van der Waals surface area contributed by atoms with Crippen molar-refractivity contribution in [1.29, 1.82) is 0 Å². The van der Waals surface area contributed by atoms with Crippen molar-refractivity contribution < 1.29 is 9.84 Å². The molecule has 1 aromatic carbocycles. The van der Waals surface area contributed by atoms with Gasteiger partial charge in [-0.3, -0.25) is 4.90 Å². The molecule has 0 saturated carbocycles. The maximum Gasteiger partial charge on any atom is 0.0698 e. The van der Waals surface area contributed by atoms with E-state index in [2.05, 4.69) is 11.8 Å². The lowest BCUT2D eigenvalue weighted by molar-refractivity contribution is 0.0732. The van der Waals surface area contributed by atoms with Crippen LogP contribution >= 0.6 is 23.2 Å². The van der Waals surface area contributed by atoms with E-state index >= 15 is 0 Å². The Bertz CT molecular complexity index is 361. The van der Waals surface area contributed by atoms with Gasteiger partial charge in [0.05, 0.1) is 29.9 Å². The van der Waals surface area contributed by atoms with E-state index in [1.165, 1.54) is 0 Å².